The molecule has 1 aliphatic heterocycles. The van der Waals surface area contributed by atoms with Crippen LogP contribution in [0.4, 0.5) is 13.2 Å². The molecule has 2 aliphatic rings. The Labute approximate surface area is 240 Å². The number of rotatable bonds is 8. The number of alkyl halides is 4. The van der Waals surface area contributed by atoms with E-state index in [9.17, 15) is 22.8 Å². The molecule has 0 radical (unpaired) electrons. The van der Waals surface area contributed by atoms with Crippen molar-refractivity contribution in [1.29, 1.82) is 0 Å². The number of halogens is 4. The first-order valence-electron chi connectivity index (χ1n) is 14.0. The molecule has 0 bridgehead atoms. The molecule has 3 aromatic rings. The van der Waals surface area contributed by atoms with Crippen molar-refractivity contribution in [3.63, 3.8) is 0 Å². The van der Waals surface area contributed by atoms with Gasteiger partial charge in [-0.1, -0.05) is 6.92 Å². The average Bonchev–Trinajstić information content (AvgIpc) is 3.60. The molecule has 0 unspecified atom stereocenters. The first-order valence-corrected chi connectivity index (χ1v) is 14.5. The van der Waals surface area contributed by atoms with Crippen molar-refractivity contribution in [2.24, 2.45) is 17.8 Å². The van der Waals surface area contributed by atoms with Gasteiger partial charge in [0.2, 0.25) is 5.91 Å². The van der Waals surface area contributed by atoms with Gasteiger partial charge in [-0.2, -0.15) is 23.4 Å². The number of aryl methyl sites for hydroxylation is 1. The lowest BCUT2D eigenvalue weighted by Crippen LogP contribution is -2.47. The van der Waals surface area contributed by atoms with Crippen LogP contribution in [0.25, 0.3) is 5.78 Å². The summed E-state index contributed by atoms with van der Waals surface area (Å²) in [6, 6.07) is 1.69. The molecule has 41 heavy (non-hydrogen) atoms. The molecule has 1 saturated heterocycles. The van der Waals surface area contributed by atoms with Crippen LogP contribution < -0.4 is 10.6 Å². The fraction of sp³-hybridized carbons (Fsp3) is 0.630. The maximum Gasteiger partial charge on any atom is 0.393 e. The van der Waals surface area contributed by atoms with Crippen LogP contribution in [0, 0.1) is 17.8 Å². The summed E-state index contributed by atoms with van der Waals surface area (Å²) in [6.07, 6.45) is 2.20. The zero-order valence-electron chi connectivity index (χ0n) is 23.0. The molecule has 1 saturated carbocycles. The van der Waals surface area contributed by atoms with Crippen LogP contribution in [0.15, 0.2) is 18.5 Å². The molecule has 2 amide bonds. The Morgan fingerprint density at radius 3 is 2.68 bits per heavy atom. The van der Waals surface area contributed by atoms with E-state index in [1.165, 1.54) is 4.52 Å². The van der Waals surface area contributed by atoms with E-state index < -0.39 is 35.9 Å². The number of fused-ring (bicyclic) bond motifs is 1. The molecule has 4 heterocycles. The second-order valence-electron chi connectivity index (χ2n) is 11.3. The number of nitrogens with one attached hydrogen (secondary N) is 2. The standard InChI is InChI=1S/C27H34ClF3N8O2/c1-3-38-21(6-9-34-38)24(41)33-15-26(7-4-16(2)5-8-26)22-14-39-25(36-22)35-20(12-28)19(37-39)11-17-10-18(27(29,30)31)13-32-23(17)40/h6,9,14,16-18H,3-5,7-8,10-13,15H2,1-2H3,(H,32,40)(H,33,41)/t16?,17-,18-,26?/m1/s1. The summed E-state index contributed by atoms with van der Waals surface area (Å²) in [5.41, 5.74) is 1.52. The largest absolute Gasteiger partial charge is 0.393 e. The second kappa shape index (κ2) is 11.6. The summed E-state index contributed by atoms with van der Waals surface area (Å²) < 4.78 is 43.2. The van der Waals surface area contributed by atoms with E-state index >= 15 is 0 Å². The quantitative estimate of drug-likeness (QED) is 0.383. The molecule has 2 N–H and O–H groups in total. The predicted octanol–water partition coefficient (Wildman–Crippen LogP) is 3.81. The predicted molar refractivity (Wildman–Crippen MR) is 144 cm³/mol. The molecule has 10 nitrogen and oxygen atoms in total. The molecule has 2 fully saturated rings. The number of hydrogen-bond acceptors (Lipinski definition) is 6. The number of hydrogen-bond donors (Lipinski definition) is 2. The topological polar surface area (TPSA) is 119 Å². The van der Waals surface area contributed by atoms with Crippen LogP contribution in [-0.2, 0) is 29.1 Å². The third-order valence-electron chi connectivity index (χ3n) is 8.57. The number of piperidine rings is 1. The lowest BCUT2D eigenvalue weighted by atomic mass is 9.69. The summed E-state index contributed by atoms with van der Waals surface area (Å²) in [7, 11) is 0. The van der Waals surface area contributed by atoms with E-state index in [2.05, 4.69) is 32.7 Å². The highest BCUT2D eigenvalue weighted by atomic mass is 35.5. The Bertz CT molecular complexity index is 1410. The van der Waals surface area contributed by atoms with Crippen molar-refractivity contribution < 1.29 is 22.8 Å². The monoisotopic (exact) mass is 594 g/mol. The average molecular weight is 595 g/mol. The molecule has 14 heteroatoms. The highest BCUT2D eigenvalue weighted by Gasteiger charge is 2.45. The summed E-state index contributed by atoms with van der Waals surface area (Å²) >= 11 is 6.17. The molecular weight excluding hydrogens is 561 g/mol. The lowest BCUT2D eigenvalue weighted by Gasteiger charge is -2.38. The van der Waals surface area contributed by atoms with E-state index in [-0.39, 0.29) is 24.6 Å². The number of carbonyl (C=O) groups is 2. The van der Waals surface area contributed by atoms with Crippen LogP contribution in [-0.4, -0.2) is 60.4 Å². The number of imidazole rings is 1. The van der Waals surface area contributed by atoms with Gasteiger partial charge >= 0.3 is 6.18 Å². The van der Waals surface area contributed by atoms with Gasteiger partial charge in [0.1, 0.15) is 5.69 Å². The Hall–Kier alpha value is -3.22. The van der Waals surface area contributed by atoms with Crippen molar-refractivity contribution >= 4 is 29.2 Å². The van der Waals surface area contributed by atoms with Crippen molar-refractivity contribution in [3.8, 4) is 0 Å². The minimum atomic E-state index is -4.40. The number of amides is 2. The van der Waals surface area contributed by atoms with Crippen molar-refractivity contribution in [2.45, 2.75) is 76.4 Å². The number of nitrogens with zero attached hydrogens (tertiary/aromatic N) is 6. The van der Waals surface area contributed by atoms with E-state index in [0.717, 1.165) is 31.4 Å². The molecule has 1 aliphatic carbocycles. The second-order valence-corrected chi connectivity index (χ2v) is 11.6. The van der Waals surface area contributed by atoms with Gasteiger partial charge in [0.15, 0.2) is 0 Å². The van der Waals surface area contributed by atoms with Gasteiger partial charge in [-0.25, -0.2) is 14.5 Å². The van der Waals surface area contributed by atoms with Crippen LogP contribution in [0.1, 0.15) is 73.5 Å². The maximum atomic E-state index is 13.4. The van der Waals surface area contributed by atoms with Crippen molar-refractivity contribution in [2.75, 3.05) is 13.1 Å². The van der Waals surface area contributed by atoms with Crippen LogP contribution >= 0.6 is 11.6 Å². The lowest BCUT2D eigenvalue weighted by molar-refractivity contribution is -0.183. The summed E-state index contributed by atoms with van der Waals surface area (Å²) in [4.78, 5) is 34.8. The van der Waals surface area contributed by atoms with E-state index in [4.69, 9.17) is 16.6 Å². The van der Waals surface area contributed by atoms with Gasteiger partial charge in [-0.15, -0.1) is 11.6 Å². The Morgan fingerprint density at radius 2 is 2.00 bits per heavy atom. The van der Waals surface area contributed by atoms with Gasteiger partial charge in [-0.3, -0.25) is 14.3 Å². The molecule has 2 atom stereocenters. The summed E-state index contributed by atoms with van der Waals surface area (Å²) in [5.74, 6) is -2.32. The van der Waals surface area contributed by atoms with Crippen LogP contribution in [0.5, 0.6) is 0 Å². The minimum absolute atomic E-state index is 0.0131. The zero-order chi connectivity index (χ0) is 29.4. The fourth-order valence-electron chi connectivity index (χ4n) is 5.92. The highest BCUT2D eigenvalue weighted by molar-refractivity contribution is 6.17. The Kier molecular flexibility index (Phi) is 8.27. The molecule has 222 valence electrons. The van der Waals surface area contributed by atoms with E-state index in [0.29, 0.717) is 41.9 Å². The normalized spacial score (nSPS) is 25.3. The fourth-order valence-corrected chi connectivity index (χ4v) is 6.14. The first-order chi connectivity index (χ1) is 19.5. The van der Waals surface area contributed by atoms with Gasteiger partial charge in [0, 0.05) is 43.6 Å². The number of carbonyl (C=O) groups excluding carboxylic acids is 2. The van der Waals surface area contributed by atoms with Gasteiger partial charge in [0.25, 0.3) is 11.7 Å². The number of aromatic nitrogens is 6. The van der Waals surface area contributed by atoms with Gasteiger partial charge in [-0.05, 0) is 51.0 Å². The SMILES string of the molecule is CCn1nccc1C(=O)NCC1(c2cn3nc(C[C@H]4C[C@@H](C(F)(F)F)CNC4=O)c(CCl)nc3n2)CCC(C)CC1. The third kappa shape index (κ3) is 6.05. The first kappa shape index (κ1) is 29.3. The summed E-state index contributed by atoms with van der Waals surface area (Å²) in [6.45, 7) is 4.65. The molecule has 5 rings (SSSR count). The van der Waals surface area contributed by atoms with E-state index in [1.807, 2.05) is 6.92 Å². The highest BCUT2D eigenvalue weighted by Crippen LogP contribution is 2.41. The summed E-state index contributed by atoms with van der Waals surface area (Å²) in [5, 5.41) is 14.3. The Morgan fingerprint density at radius 1 is 1.24 bits per heavy atom. The van der Waals surface area contributed by atoms with Crippen molar-refractivity contribution in [1.82, 2.24) is 40.0 Å². The molecule has 0 spiro atoms. The van der Waals surface area contributed by atoms with Crippen LogP contribution in [0.3, 0.4) is 0 Å². The smallest absolute Gasteiger partial charge is 0.355 e. The Balaban J connectivity index is 1.42. The molecule has 0 aromatic carbocycles. The molecular formula is C27H34ClF3N8O2. The van der Waals surface area contributed by atoms with Crippen molar-refractivity contribution in [3.05, 3.63) is 41.2 Å². The molecule has 3 aromatic heterocycles. The zero-order valence-corrected chi connectivity index (χ0v) is 23.8. The minimum Gasteiger partial charge on any atom is -0.355 e. The maximum absolute atomic E-state index is 13.4. The third-order valence-corrected chi connectivity index (χ3v) is 8.82. The van der Waals surface area contributed by atoms with Gasteiger partial charge < -0.3 is 10.6 Å². The van der Waals surface area contributed by atoms with E-state index in [1.54, 1.807) is 23.1 Å². The van der Waals surface area contributed by atoms with Crippen LogP contribution in [0.2, 0.25) is 0 Å². The van der Waals surface area contributed by atoms with Gasteiger partial charge in [0.05, 0.1) is 35.1 Å².